The summed E-state index contributed by atoms with van der Waals surface area (Å²) in [5, 5.41) is 96.3. The number of carboxylic acids is 10. The third-order valence-electron chi connectivity index (χ3n) is 7.28. The Kier molecular flexibility index (Phi) is 11.8. The average molecular weight is 814 g/mol. The van der Waals surface area contributed by atoms with Crippen molar-refractivity contribution in [2.75, 3.05) is 0 Å². The van der Waals surface area contributed by atoms with Gasteiger partial charge in [0.25, 0.3) is 0 Å². The van der Waals surface area contributed by atoms with E-state index in [1.807, 2.05) is 0 Å². The maximum absolute atomic E-state index is 13.3. The van der Waals surface area contributed by atoms with Crippen molar-refractivity contribution in [2.24, 2.45) is 0 Å². The van der Waals surface area contributed by atoms with Crippen molar-refractivity contribution >= 4 is 83.6 Å². The molecule has 0 aliphatic rings. The van der Waals surface area contributed by atoms with Crippen LogP contribution in [-0.4, -0.2) is 135 Å². The van der Waals surface area contributed by atoms with Gasteiger partial charge in [-0.15, -0.1) is 0 Å². The van der Waals surface area contributed by atoms with Gasteiger partial charge in [-0.3, -0.25) is 0 Å². The Morgan fingerprint density at radius 1 is 0.259 bits per heavy atom. The van der Waals surface area contributed by atoms with E-state index < -0.39 is 161 Å². The molecule has 0 radical (unpaired) electrons. The summed E-state index contributed by atoms with van der Waals surface area (Å²) in [5.41, 5.74) is -26.6. The molecule has 3 aromatic rings. The smallest absolute Gasteiger partial charge is 0.347 e. The van der Waals surface area contributed by atoms with Crippen LogP contribution in [0.25, 0.3) is 0 Å². The van der Waals surface area contributed by atoms with E-state index in [1.54, 1.807) is 0 Å². The number of hydrogen-bond donors (Lipinski definition) is 10. The van der Waals surface area contributed by atoms with Crippen molar-refractivity contribution in [3.8, 4) is 0 Å². The van der Waals surface area contributed by atoms with E-state index in [1.165, 1.54) is 0 Å². The molecule has 26 heteroatoms. The van der Waals surface area contributed by atoms with E-state index in [9.17, 15) is 118 Å². The number of carboxylic acid groups (broad SMARTS) is 10. The Hall–Kier alpha value is -9.36. The second kappa shape index (κ2) is 15.9. The van der Waals surface area contributed by atoms with Gasteiger partial charge in [-0.1, -0.05) is 12.1 Å². The maximum atomic E-state index is 13.3. The van der Waals surface area contributed by atoms with Gasteiger partial charge in [0.2, 0.25) is 0 Å². The minimum absolute atomic E-state index is 0.532. The van der Waals surface area contributed by atoms with Crippen LogP contribution < -0.4 is 0 Å². The van der Waals surface area contributed by atoms with Crippen molar-refractivity contribution in [1.29, 1.82) is 0 Å². The topological polar surface area (TPSA) is 460 Å². The summed E-state index contributed by atoms with van der Waals surface area (Å²) >= 11 is 0. The summed E-state index contributed by atoms with van der Waals surface area (Å²) in [6, 6.07) is 2.77. The van der Waals surface area contributed by atoms with Gasteiger partial charge >= 0.3 is 83.6 Å². The van der Waals surface area contributed by atoms with Crippen LogP contribution in [0.15, 0.2) is 24.3 Å². The molecule has 298 valence electrons. The SMILES string of the molecule is O=C(OC(=O)c1c(C(=O)O)c(C(=O)O)c(C(=O)O)c(C(=O)O)c1C(=O)O)c1ccccc1C(=O)OC(=O)c1c(C(=O)O)c(C(=O)O)c(C(=O)O)c(C(=O)O)c1C(=O)O. The number of carbonyl (C=O) groups excluding carboxylic acids is 4. The number of aromatic carboxylic acids is 10. The van der Waals surface area contributed by atoms with Crippen molar-refractivity contribution in [3.63, 3.8) is 0 Å². The van der Waals surface area contributed by atoms with E-state index >= 15 is 0 Å². The zero-order chi connectivity index (χ0) is 44.4. The first-order valence-electron chi connectivity index (χ1n) is 14.2. The molecule has 0 unspecified atom stereocenters. The van der Waals surface area contributed by atoms with Crippen LogP contribution in [0, 0.1) is 0 Å². The molecular weight excluding hydrogens is 800 g/mol. The predicted octanol–water partition coefficient (Wildman–Crippen LogP) is 0.663. The third kappa shape index (κ3) is 7.52. The van der Waals surface area contributed by atoms with Crippen molar-refractivity contribution in [3.05, 3.63) is 102 Å². The van der Waals surface area contributed by atoms with Crippen LogP contribution >= 0.6 is 0 Å². The van der Waals surface area contributed by atoms with E-state index in [-0.39, 0.29) is 0 Å². The number of rotatable bonds is 14. The normalized spacial score (nSPS) is 10.3. The number of esters is 4. The van der Waals surface area contributed by atoms with Crippen LogP contribution in [-0.2, 0) is 9.47 Å². The highest BCUT2D eigenvalue weighted by atomic mass is 16.6. The standard InChI is InChI=1S/C32H14O26/c33-19(34)7-9(21(37)38)13(25(45)46)17(14(26(47)48)10(7)22(39)40)31(55)57-29(53)5-3-1-2-4-6(5)30(54)58-32(56)18-15(27(49)50)11(23(41)42)8(20(35)36)12(24(43)44)16(18)28(51)52/h1-4H,(H,33,34)(H,35,36)(H,37,38)(H,39,40)(H,41,42)(H,43,44)(H,45,46)(H,47,48)(H,49,50)(H,51,52). The molecule has 0 saturated carbocycles. The van der Waals surface area contributed by atoms with E-state index in [4.69, 9.17) is 0 Å². The number of ether oxygens (including phenoxy) is 2. The van der Waals surface area contributed by atoms with Gasteiger partial charge in [-0.2, -0.15) is 0 Å². The van der Waals surface area contributed by atoms with Crippen molar-refractivity contribution < 1.29 is 128 Å². The minimum atomic E-state index is -2.59. The van der Waals surface area contributed by atoms with Gasteiger partial charge in [0.15, 0.2) is 0 Å². The molecule has 0 heterocycles. The maximum Gasteiger partial charge on any atom is 0.347 e. The molecule has 0 amide bonds. The molecule has 3 rings (SSSR count). The largest absolute Gasteiger partial charge is 0.478 e. The molecule has 10 N–H and O–H groups in total. The molecule has 0 saturated heterocycles. The summed E-state index contributed by atoms with van der Waals surface area (Å²) in [7, 11) is 0. The molecule has 0 spiro atoms. The molecule has 0 aliphatic carbocycles. The average Bonchev–Trinajstić information content (AvgIpc) is 3.11. The quantitative estimate of drug-likeness (QED) is 0.0789. The molecule has 0 bridgehead atoms. The fourth-order valence-electron chi connectivity index (χ4n) is 5.27. The Bertz CT molecular complexity index is 2270. The van der Waals surface area contributed by atoms with Crippen molar-refractivity contribution in [1.82, 2.24) is 0 Å². The second-order valence-corrected chi connectivity index (χ2v) is 10.5. The van der Waals surface area contributed by atoms with Gasteiger partial charge in [0.1, 0.15) is 0 Å². The fraction of sp³-hybridized carbons (Fsp3) is 0. The second-order valence-electron chi connectivity index (χ2n) is 10.5. The lowest BCUT2D eigenvalue weighted by Crippen LogP contribution is -2.30. The summed E-state index contributed by atoms with van der Waals surface area (Å²) in [4.78, 5) is 173. The molecular formula is C32H14O26. The lowest BCUT2D eigenvalue weighted by molar-refractivity contribution is 0.0350. The monoisotopic (exact) mass is 814 g/mol. The Balaban J connectivity index is 2.29. The number of hydrogen-bond acceptors (Lipinski definition) is 16. The van der Waals surface area contributed by atoms with E-state index in [0.29, 0.717) is 12.1 Å². The van der Waals surface area contributed by atoms with Gasteiger partial charge in [-0.05, 0) is 12.1 Å². The molecule has 0 aliphatic heterocycles. The van der Waals surface area contributed by atoms with Gasteiger partial charge in [0, 0.05) is 0 Å². The highest BCUT2D eigenvalue weighted by Crippen LogP contribution is 2.33. The zero-order valence-electron chi connectivity index (χ0n) is 27.3. The summed E-state index contributed by atoms with van der Waals surface area (Å²) < 4.78 is 8.81. The highest BCUT2D eigenvalue weighted by molar-refractivity contribution is 6.26. The first-order chi connectivity index (χ1) is 26.8. The van der Waals surface area contributed by atoms with Crippen LogP contribution in [0.5, 0.6) is 0 Å². The van der Waals surface area contributed by atoms with Gasteiger partial charge in [0.05, 0.1) is 77.9 Å². The Morgan fingerprint density at radius 3 is 0.569 bits per heavy atom. The van der Waals surface area contributed by atoms with Gasteiger partial charge in [-0.25, -0.2) is 67.1 Å². The Labute approximate surface area is 313 Å². The zero-order valence-corrected chi connectivity index (χ0v) is 27.3. The molecule has 58 heavy (non-hydrogen) atoms. The highest BCUT2D eigenvalue weighted by Gasteiger charge is 2.44. The first kappa shape index (κ1) is 43.0. The summed E-state index contributed by atoms with van der Waals surface area (Å²) in [6.07, 6.45) is 0. The molecule has 26 nitrogen and oxygen atoms in total. The fourth-order valence-corrected chi connectivity index (χ4v) is 5.27. The van der Waals surface area contributed by atoms with Crippen LogP contribution in [0.3, 0.4) is 0 Å². The molecule has 0 aromatic heterocycles. The lowest BCUT2D eigenvalue weighted by atomic mass is 9.86. The van der Waals surface area contributed by atoms with Gasteiger partial charge < -0.3 is 60.5 Å². The van der Waals surface area contributed by atoms with Crippen LogP contribution in [0.4, 0.5) is 0 Å². The molecule has 0 atom stereocenters. The summed E-state index contributed by atoms with van der Waals surface area (Å²) in [6.45, 7) is 0. The molecule has 0 fully saturated rings. The van der Waals surface area contributed by atoms with Crippen LogP contribution in [0.2, 0.25) is 0 Å². The van der Waals surface area contributed by atoms with Crippen LogP contribution in [0.1, 0.15) is 145 Å². The summed E-state index contributed by atoms with van der Waals surface area (Å²) in [5.74, 6) is -35.0. The first-order valence-corrected chi connectivity index (χ1v) is 14.2. The number of benzene rings is 3. The van der Waals surface area contributed by atoms with E-state index in [2.05, 4.69) is 9.47 Å². The molecule has 3 aromatic carbocycles. The minimum Gasteiger partial charge on any atom is -0.478 e. The van der Waals surface area contributed by atoms with Crippen molar-refractivity contribution in [2.45, 2.75) is 0 Å². The van der Waals surface area contributed by atoms with E-state index in [0.717, 1.165) is 12.1 Å². The number of carbonyl (C=O) groups is 14. The lowest BCUT2D eigenvalue weighted by Gasteiger charge is -2.18. The third-order valence-corrected chi connectivity index (χ3v) is 7.28. The predicted molar refractivity (Wildman–Crippen MR) is 168 cm³/mol. The Morgan fingerprint density at radius 2 is 0.414 bits per heavy atom.